The Hall–Kier alpha value is -1.10. The first-order valence-corrected chi connectivity index (χ1v) is 7.35. The number of carbonyl (C=O) groups excluding carboxylic acids is 1. The van der Waals surface area contributed by atoms with Crippen LogP contribution in [0, 0.1) is 0 Å². The number of hydrogen-bond acceptors (Lipinski definition) is 3. The van der Waals surface area contributed by atoms with Gasteiger partial charge in [0.1, 0.15) is 5.88 Å². The maximum absolute atomic E-state index is 11.1. The van der Waals surface area contributed by atoms with Gasteiger partial charge in [-0.05, 0) is 18.4 Å². The summed E-state index contributed by atoms with van der Waals surface area (Å²) in [6.45, 7) is 0.791. The molecule has 1 aromatic carbocycles. The fourth-order valence-corrected chi connectivity index (χ4v) is 2.55. The third-order valence-corrected chi connectivity index (χ3v) is 3.85. The van der Waals surface area contributed by atoms with Gasteiger partial charge in [0.15, 0.2) is 0 Å². The Morgan fingerprint density at radius 2 is 2.20 bits per heavy atom. The molecule has 1 aromatic rings. The van der Waals surface area contributed by atoms with Crippen LogP contribution in [0.2, 0.25) is 0 Å². The van der Waals surface area contributed by atoms with Crippen LogP contribution in [0.25, 0.3) is 0 Å². The lowest BCUT2D eigenvalue weighted by Gasteiger charge is -2.23. The van der Waals surface area contributed by atoms with Crippen LogP contribution in [0.4, 0.5) is 0 Å². The monoisotopic (exact) mass is 297 g/mol. The second-order valence-electron chi connectivity index (χ2n) is 5.30. The van der Waals surface area contributed by atoms with Gasteiger partial charge in [0, 0.05) is 13.0 Å². The molecule has 0 aliphatic heterocycles. The molecule has 5 heteroatoms. The quantitative estimate of drug-likeness (QED) is 0.788. The summed E-state index contributed by atoms with van der Waals surface area (Å²) >= 11 is 5.41. The van der Waals surface area contributed by atoms with Crippen molar-refractivity contribution >= 4 is 17.5 Å². The minimum Gasteiger partial charge on any atom is -0.388 e. The van der Waals surface area contributed by atoms with Gasteiger partial charge in [-0.3, -0.25) is 4.79 Å². The standard InChI is InChI=1S/C15H20ClNO3/c16-9-14(18)17-11-15(19)7-6-13(8-15)20-10-12-4-2-1-3-5-12/h1-5,13,19H,6-11H2,(H,17,18). The van der Waals surface area contributed by atoms with Crippen molar-refractivity contribution in [2.45, 2.75) is 37.6 Å². The van der Waals surface area contributed by atoms with E-state index in [9.17, 15) is 9.90 Å². The number of aliphatic hydroxyl groups is 1. The van der Waals surface area contributed by atoms with Crippen LogP contribution in [-0.2, 0) is 16.1 Å². The summed E-state index contributed by atoms with van der Waals surface area (Å²) in [7, 11) is 0. The first-order valence-electron chi connectivity index (χ1n) is 6.82. The summed E-state index contributed by atoms with van der Waals surface area (Å²) in [4.78, 5) is 11.1. The number of hydrogen-bond donors (Lipinski definition) is 2. The number of nitrogens with one attached hydrogen (secondary N) is 1. The van der Waals surface area contributed by atoms with Crippen molar-refractivity contribution in [1.29, 1.82) is 0 Å². The average molecular weight is 298 g/mol. The summed E-state index contributed by atoms with van der Waals surface area (Å²) in [6.07, 6.45) is 2.02. The molecule has 1 saturated carbocycles. The lowest BCUT2D eigenvalue weighted by molar-refractivity contribution is -0.120. The molecule has 2 unspecified atom stereocenters. The van der Waals surface area contributed by atoms with E-state index in [0.29, 0.717) is 19.4 Å². The van der Waals surface area contributed by atoms with Crippen LogP contribution in [0.15, 0.2) is 30.3 Å². The van der Waals surface area contributed by atoms with Crippen molar-refractivity contribution in [2.75, 3.05) is 12.4 Å². The molecule has 4 nitrogen and oxygen atoms in total. The number of halogens is 1. The molecule has 1 fully saturated rings. The van der Waals surface area contributed by atoms with E-state index in [4.69, 9.17) is 16.3 Å². The van der Waals surface area contributed by atoms with Crippen LogP contribution in [-0.4, -0.2) is 35.1 Å². The van der Waals surface area contributed by atoms with E-state index in [1.54, 1.807) is 0 Å². The summed E-state index contributed by atoms with van der Waals surface area (Å²) in [5.41, 5.74) is 0.252. The van der Waals surface area contributed by atoms with Crippen molar-refractivity contribution in [3.8, 4) is 0 Å². The fourth-order valence-electron chi connectivity index (χ4n) is 2.46. The van der Waals surface area contributed by atoms with E-state index in [1.807, 2.05) is 30.3 Å². The summed E-state index contributed by atoms with van der Waals surface area (Å²) in [6, 6.07) is 9.96. The highest BCUT2D eigenvalue weighted by Gasteiger charge is 2.37. The fraction of sp³-hybridized carbons (Fsp3) is 0.533. The Morgan fingerprint density at radius 1 is 1.45 bits per heavy atom. The smallest absolute Gasteiger partial charge is 0.235 e. The van der Waals surface area contributed by atoms with Crippen LogP contribution >= 0.6 is 11.6 Å². The van der Waals surface area contributed by atoms with Gasteiger partial charge in [0.05, 0.1) is 18.3 Å². The second kappa shape index (κ2) is 7.07. The van der Waals surface area contributed by atoms with Crippen molar-refractivity contribution in [1.82, 2.24) is 5.32 Å². The van der Waals surface area contributed by atoms with E-state index in [0.717, 1.165) is 12.0 Å². The van der Waals surface area contributed by atoms with E-state index in [2.05, 4.69) is 5.32 Å². The van der Waals surface area contributed by atoms with E-state index in [-0.39, 0.29) is 24.4 Å². The molecule has 1 aliphatic rings. The highest BCUT2D eigenvalue weighted by molar-refractivity contribution is 6.27. The van der Waals surface area contributed by atoms with Gasteiger partial charge in [-0.15, -0.1) is 11.6 Å². The molecule has 0 spiro atoms. The van der Waals surface area contributed by atoms with Gasteiger partial charge in [-0.1, -0.05) is 30.3 Å². The van der Waals surface area contributed by atoms with Crippen molar-refractivity contribution in [3.05, 3.63) is 35.9 Å². The first-order chi connectivity index (χ1) is 9.61. The zero-order chi connectivity index (χ0) is 14.4. The molecular weight excluding hydrogens is 278 g/mol. The molecule has 0 aromatic heterocycles. The van der Waals surface area contributed by atoms with Crippen molar-refractivity contribution in [2.24, 2.45) is 0 Å². The molecule has 0 heterocycles. The first kappa shape index (κ1) is 15.3. The Balaban J connectivity index is 1.75. The highest BCUT2D eigenvalue weighted by Crippen LogP contribution is 2.31. The molecule has 2 rings (SSSR count). The maximum Gasteiger partial charge on any atom is 0.235 e. The Bertz CT molecular complexity index is 440. The SMILES string of the molecule is O=C(CCl)NCC1(O)CCC(OCc2ccccc2)C1. The highest BCUT2D eigenvalue weighted by atomic mass is 35.5. The second-order valence-corrected chi connectivity index (χ2v) is 5.56. The van der Waals surface area contributed by atoms with Gasteiger partial charge in [0.2, 0.25) is 5.91 Å². The van der Waals surface area contributed by atoms with Crippen molar-refractivity contribution < 1.29 is 14.6 Å². The molecule has 0 saturated heterocycles. The predicted molar refractivity (Wildman–Crippen MR) is 77.5 cm³/mol. The lowest BCUT2D eigenvalue weighted by Crippen LogP contribution is -2.41. The van der Waals surface area contributed by atoms with E-state index in [1.165, 1.54) is 0 Å². The molecule has 0 bridgehead atoms. The van der Waals surface area contributed by atoms with Gasteiger partial charge in [-0.25, -0.2) is 0 Å². The number of alkyl halides is 1. The summed E-state index contributed by atoms with van der Waals surface area (Å²) in [5, 5.41) is 13.0. The average Bonchev–Trinajstić information content (AvgIpc) is 2.86. The topological polar surface area (TPSA) is 58.6 Å². The van der Waals surface area contributed by atoms with Gasteiger partial charge in [0.25, 0.3) is 0 Å². The molecule has 1 amide bonds. The van der Waals surface area contributed by atoms with E-state index >= 15 is 0 Å². The lowest BCUT2D eigenvalue weighted by atomic mass is 10.0. The molecular formula is C15H20ClNO3. The minimum atomic E-state index is -0.872. The summed E-state index contributed by atoms with van der Waals surface area (Å²) < 4.78 is 5.82. The van der Waals surface area contributed by atoms with Crippen LogP contribution in [0.3, 0.4) is 0 Å². The Morgan fingerprint density at radius 3 is 2.90 bits per heavy atom. The zero-order valence-corrected chi connectivity index (χ0v) is 12.1. The van der Waals surface area contributed by atoms with Gasteiger partial charge in [-0.2, -0.15) is 0 Å². The molecule has 2 atom stereocenters. The number of rotatable bonds is 6. The van der Waals surface area contributed by atoms with Crippen LogP contribution in [0.1, 0.15) is 24.8 Å². The molecule has 20 heavy (non-hydrogen) atoms. The third kappa shape index (κ3) is 4.47. The third-order valence-electron chi connectivity index (χ3n) is 3.60. The van der Waals surface area contributed by atoms with Crippen molar-refractivity contribution in [3.63, 3.8) is 0 Å². The Kier molecular flexibility index (Phi) is 5.40. The zero-order valence-electron chi connectivity index (χ0n) is 11.3. The molecule has 0 radical (unpaired) electrons. The minimum absolute atomic E-state index is 0.0353. The largest absolute Gasteiger partial charge is 0.388 e. The van der Waals surface area contributed by atoms with E-state index < -0.39 is 5.60 Å². The number of carbonyl (C=O) groups is 1. The number of ether oxygens (including phenoxy) is 1. The Labute approximate surface area is 124 Å². The van der Waals surface area contributed by atoms with Crippen LogP contribution < -0.4 is 5.32 Å². The number of amides is 1. The normalized spacial score (nSPS) is 25.6. The maximum atomic E-state index is 11.1. The predicted octanol–water partition coefficient (Wildman–Crippen LogP) is 1.84. The summed E-state index contributed by atoms with van der Waals surface area (Å²) in [5.74, 6) is -0.335. The van der Waals surface area contributed by atoms with Gasteiger partial charge >= 0.3 is 0 Å². The molecule has 1 aliphatic carbocycles. The van der Waals surface area contributed by atoms with Gasteiger partial charge < -0.3 is 15.2 Å². The molecule has 110 valence electrons. The molecule has 2 N–H and O–H groups in total. The number of benzene rings is 1. The van der Waals surface area contributed by atoms with Crippen LogP contribution in [0.5, 0.6) is 0 Å².